The fourth-order valence-corrected chi connectivity index (χ4v) is 5.95. The van der Waals surface area contributed by atoms with E-state index < -0.39 is 8.32 Å². The number of hydrogen-bond acceptors (Lipinski definition) is 4. The highest BCUT2D eigenvalue weighted by Crippen LogP contribution is 2.44. The van der Waals surface area contributed by atoms with Gasteiger partial charge < -0.3 is 9.16 Å². The number of hydrogen-bond donors (Lipinski definition) is 0. The average molecular weight is 442 g/mol. The molecule has 0 radical (unpaired) electrons. The molecule has 2 aromatic rings. The molecule has 0 spiro atoms. The number of nitrogens with zero attached hydrogens (tertiary/aromatic N) is 1. The Hall–Kier alpha value is -2.18. The van der Waals surface area contributed by atoms with Crippen LogP contribution in [0.1, 0.15) is 30.9 Å². The van der Waals surface area contributed by atoms with Crippen molar-refractivity contribution in [2.24, 2.45) is 5.92 Å². The van der Waals surface area contributed by atoms with Crippen LogP contribution in [0.5, 0.6) is 0 Å². The first-order chi connectivity index (χ1) is 14.1. The van der Waals surface area contributed by atoms with Gasteiger partial charge in [0, 0.05) is 13.0 Å². The van der Waals surface area contributed by atoms with Crippen molar-refractivity contribution in [1.82, 2.24) is 4.90 Å². The van der Waals surface area contributed by atoms with E-state index in [-0.39, 0.29) is 24.0 Å². The van der Waals surface area contributed by atoms with Gasteiger partial charge in [-0.15, -0.1) is 0 Å². The zero-order chi connectivity index (χ0) is 22.1. The summed E-state index contributed by atoms with van der Waals surface area (Å²) in [5.74, 6) is 0.164. The second kappa shape index (κ2) is 8.90. The van der Waals surface area contributed by atoms with Crippen molar-refractivity contribution in [1.29, 1.82) is 0 Å². The maximum Gasteiger partial charge on any atom is 0.410 e. The van der Waals surface area contributed by atoms with Crippen molar-refractivity contribution in [3.05, 3.63) is 59.7 Å². The van der Waals surface area contributed by atoms with E-state index in [1.807, 2.05) is 38.1 Å². The summed E-state index contributed by atoms with van der Waals surface area (Å²) in [4.78, 5) is 14.5. The summed E-state index contributed by atoms with van der Waals surface area (Å²) < 4.78 is 11.8. The first kappa shape index (κ1) is 22.5. The Kier molecular flexibility index (Phi) is 6.67. The van der Waals surface area contributed by atoms with Gasteiger partial charge in [0.05, 0.1) is 0 Å². The zero-order valence-electron chi connectivity index (χ0n) is 18.6. The highest BCUT2D eigenvalue weighted by Gasteiger charge is 2.34. The molecule has 0 aliphatic heterocycles. The minimum absolute atomic E-state index is 0.0393. The number of amides is 1. The quantitative estimate of drug-likeness (QED) is 0.403. The summed E-state index contributed by atoms with van der Waals surface area (Å²) in [6.45, 7) is 10.6. The summed E-state index contributed by atoms with van der Waals surface area (Å²) in [5.41, 5.74) is 4.83. The van der Waals surface area contributed by atoms with Crippen LogP contribution in [0.15, 0.2) is 48.5 Å². The third kappa shape index (κ3) is 4.76. The summed E-state index contributed by atoms with van der Waals surface area (Å²) in [6.07, 6.45) is -0.378. The van der Waals surface area contributed by atoms with Crippen LogP contribution in [0.4, 0.5) is 4.79 Å². The predicted molar refractivity (Wildman–Crippen MR) is 128 cm³/mol. The van der Waals surface area contributed by atoms with Gasteiger partial charge in [-0.2, -0.15) is 0 Å². The van der Waals surface area contributed by atoms with Crippen LogP contribution < -0.4 is 0 Å². The Morgan fingerprint density at radius 3 is 2.00 bits per heavy atom. The van der Waals surface area contributed by atoms with E-state index in [0.717, 1.165) is 0 Å². The lowest BCUT2D eigenvalue weighted by atomic mass is 9.98. The first-order valence-corrected chi connectivity index (χ1v) is 14.2. The smallest absolute Gasteiger partial charge is 0.410 e. The highest BCUT2D eigenvalue weighted by atomic mass is 32.1. The van der Waals surface area contributed by atoms with Gasteiger partial charge >= 0.3 is 6.09 Å². The molecule has 0 aromatic heterocycles. The van der Waals surface area contributed by atoms with Crippen LogP contribution in [0, 0.1) is 5.92 Å². The molecular formula is C24H31NO3SSi. The molecule has 1 aliphatic rings. The van der Waals surface area contributed by atoms with Gasteiger partial charge in [-0.25, -0.2) is 4.79 Å². The number of fused-ring (bicyclic) bond motifs is 3. The maximum atomic E-state index is 12.9. The molecule has 4 nitrogen and oxygen atoms in total. The SMILES string of the molecule is CC(C)C(C(=S)O[Si](C)(C)C)N(C)C(=O)OCC1c2ccccc2-c2ccccc21. The van der Waals surface area contributed by atoms with E-state index in [2.05, 4.69) is 43.9 Å². The van der Waals surface area contributed by atoms with E-state index in [4.69, 9.17) is 21.4 Å². The van der Waals surface area contributed by atoms with Gasteiger partial charge in [0.15, 0.2) is 5.05 Å². The molecule has 0 saturated carbocycles. The van der Waals surface area contributed by atoms with E-state index in [9.17, 15) is 4.79 Å². The fraction of sp³-hybridized carbons (Fsp3) is 0.417. The Bertz CT molecular complexity index is 893. The van der Waals surface area contributed by atoms with Gasteiger partial charge in [-0.05, 0) is 60.0 Å². The lowest BCUT2D eigenvalue weighted by molar-refractivity contribution is 0.0950. The van der Waals surface area contributed by atoms with E-state index in [1.165, 1.54) is 22.3 Å². The molecule has 1 unspecified atom stereocenters. The number of rotatable bonds is 6. The van der Waals surface area contributed by atoms with Gasteiger partial charge in [0.1, 0.15) is 12.6 Å². The lowest BCUT2D eigenvalue weighted by Crippen LogP contribution is -2.48. The molecule has 160 valence electrons. The molecule has 6 heteroatoms. The van der Waals surface area contributed by atoms with Crippen molar-refractivity contribution in [3.8, 4) is 11.1 Å². The number of ether oxygens (including phenoxy) is 1. The molecule has 0 saturated heterocycles. The number of benzene rings is 2. The minimum atomic E-state index is -1.85. The Morgan fingerprint density at radius 2 is 1.53 bits per heavy atom. The van der Waals surface area contributed by atoms with Gasteiger partial charge in [-0.1, -0.05) is 62.4 Å². The largest absolute Gasteiger partial charge is 0.538 e. The molecule has 1 aliphatic carbocycles. The monoisotopic (exact) mass is 441 g/mol. The molecule has 30 heavy (non-hydrogen) atoms. The Balaban J connectivity index is 1.74. The molecule has 2 aromatic carbocycles. The van der Waals surface area contributed by atoms with Crippen LogP contribution in [0.2, 0.25) is 19.6 Å². The summed E-state index contributed by atoms with van der Waals surface area (Å²) in [5, 5.41) is 0.472. The van der Waals surface area contributed by atoms with E-state index >= 15 is 0 Å². The molecule has 0 fully saturated rings. The molecule has 3 rings (SSSR count). The number of likely N-dealkylation sites (N-methyl/N-ethyl adjacent to an activating group) is 1. The number of carbonyl (C=O) groups is 1. The first-order valence-electron chi connectivity index (χ1n) is 10.4. The number of carbonyl (C=O) groups excluding carboxylic acids is 1. The summed E-state index contributed by atoms with van der Waals surface area (Å²) >= 11 is 5.55. The molecular weight excluding hydrogens is 410 g/mol. The van der Waals surface area contributed by atoms with Gasteiger partial charge in [0.2, 0.25) is 8.32 Å². The fourth-order valence-electron chi connectivity index (χ4n) is 4.05. The molecule has 0 bridgehead atoms. The van der Waals surface area contributed by atoms with Gasteiger partial charge in [0.25, 0.3) is 0 Å². The highest BCUT2D eigenvalue weighted by molar-refractivity contribution is 7.80. The average Bonchev–Trinajstić information content (AvgIpc) is 2.98. The second-order valence-corrected chi connectivity index (χ2v) is 14.0. The molecule has 0 N–H and O–H groups in total. The predicted octanol–water partition coefficient (Wildman–Crippen LogP) is 6.07. The standard InChI is InChI=1S/C24H31NO3SSi/c1-16(2)22(23(29)28-30(4,5)6)25(3)24(26)27-15-21-19-13-9-7-11-17(19)18-12-8-10-14-20(18)21/h7-14,16,21-22H,15H2,1-6H3. The Labute approximate surface area is 186 Å². The van der Waals surface area contributed by atoms with Crippen LogP contribution >= 0.6 is 12.2 Å². The summed E-state index contributed by atoms with van der Waals surface area (Å²) in [6, 6.07) is 16.3. The third-order valence-corrected chi connectivity index (χ3v) is 6.63. The van der Waals surface area contributed by atoms with Crippen molar-refractivity contribution in [2.75, 3.05) is 13.7 Å². The lowest BCUT2D eigenvalue weighted by Gasteiger charge is -2.33. The van der Waals surface area contributed by atoms with Crippen LogP contribution in [0.25, 0.3) is 11.1 Å². The van der Waals surface area contributed by atoms with Crippen molar-refractivity contribution in [2.45, 2.75) is 45.4 Å². The van der Waals surface area contributed by atoms with Crippen LogP contribution in [-0.2, 0) is 9.16 Å². The minimum Gasteiger partial charge on any atom is -0.538 e. The normalized spacial score (nSPS) is 14.1. The van der Waals surface area contributed by atoms with Crippen LogP contribution in [-0.4, -0.2) is 44.1 Å². The molecule has 1 amide bonds. The van der Waals surface area contributed by atoms with Crippen LogP contribution in [0.3, 0.4) is 0 Å². The zero-order valence-corrected chi connectivity index (χ0v) is 20.5. The Morgan fingerprint density at radius 1 is 1.03 bits per heavy atom. The van der Waals surface area contributed by atoms with Crippen molar-refractivity contribution < 1.29 is 14.0 Å². The molecule has 1 atom stereocenters. The summed E-state index contributed by atoms with van der Waals surface area (Å²) in [7, 11) is -0.109. The van der Waals surface area contributed by atoms with E-state index in [0.29, 0.717) is 11.7 Å². The second-order valence-electron chi connectivity index (χ2n) is 9.14. The maximum absolute atomic E-state index is 12.9. The molecule has 0 heterocycles. The number of thiocarbonyl (C=S) groups is 1. The topological polar surface area (TPSA) is 38.8 Å². The van der Waals surface area contributed by atoms with E-state index in [1.54, 1.807) is 11.9 Å². The van der Waals surface area contributed by atoms with Crippen molar-refractivity contribution in [3.63, 3.8) is 0 Å². The third-order valence-electron chi connectivity index (χ3n) is 5.32. The van der Waals surface area contributed by atoms with Crippen molar-refractivity contribution >= 4 is 31.7 Å². The van der Waals surface area contributed by atoms with Gasteiger partial charge in [-0.3, -0.25) is 4.90 Å².